The van der Waals surface area contributed by atoms with Crippen molar-refractivity contribution < 1.29 is 14.7 Å². The van der Waals surface area contributed by atoms with E-state index in [2.05, 4.69) is 5.10 Å². The van der Waals surface area contributed by atoms with Crippen LogP contribution in [-0.2, 0) is 11.8 Å². The van der Waals surface area contributed by atoms with Gasteiger partial charge in [-0.15, -0.1) is 0 Å². The Labute approximate surface area is 105 Å². The molecule has 1 aliphatic heterocycles. The summed E-state index contributed by atoms with van der Waals surface area (Å²) in [5.74, 6) is -0.980. The summed E-state index contributed by atoms with van der Waals surface area (Å²) in [4.78, 5) is 25.0. The minimum Gasteiger partial charge on any atom is -0.481 e. The second-order valence-electron chi connectivity index (χ2n) is 5.11. The summed E-state index contributed by atoms with van der Waals surface area (Å²) in [5.41, 5.74) is 0.516. The molecule has 0 unspecified atom stereocenters. The van der Waals surface area contributed by atoms with Gasteiger partial charge in [0.1, 0.15) is 0 Å². The average molecular weight is 251 g/mol. The first-order chi connectivity index (χ1) is 8.35. The van der Waals surface area contributed by atoms with E-state index in [0.717, 1.165) is 5.69 Å². The van der Waals surface area contributed by atoms with E-state index in [1.54, 1.807) is 23.6 Å². The molecule has 2 rings (SSSR count). The number of nitrogens with zero attached hydrogens (tertiary/aromatic N) is 3. The van der Waals surface area contributed by atoms with Crippen LogP contribution in [0.3, 0.4) is 0 Å². The summed E-state index contributed by atoms with van der Waals surface area (Å²) in [6.07, 6.45) is 2.03. The Kier molecular flexibility index (Phi) is 2.88. The van der Waals surface area contributed by atoms with Crippen LogP contribution < -0.4 is 0 Å². The van der Waals surface area contributed by atoms with Crippen LogP contribution in [0.2, 0.25) is 0 Å². The van der Waals surface area contributed by atoms with E-state index in [1.807, 2.05) is 6.92 Å². The van der Waals surface area contributed by atoms with Gasteiger partial charge in [0.05, 0.1) is 17.2 Å². The number of carboxylic acids is 1. The first-order valence-corrected chi connectivity index (χ1v) is 5.86. The van der Waals surface area contributed by atoms with E-state index in [-0.39, 0.29) is 12.5 Å². The van der Waals surface area contributed by atoms with Crippen LogP contribution in [0.1, 0.15) is 29.4 Å². The molecule has 0 aliphatic carbocycles. The molecule has 6 nitrogen and oxygen atoms in total. The third kappa shape index (κ3) is 1.87. The van der Waals surface area contributed by atoms with E-state index in [4.69, 9.17) is 5.11 Å². The molecule has 2 heterocycles. The smallest absolute Gasteiger partial charge is 0.311 e. The van der Waals surface area contributed by atoms with Crippen LogP contribution in [0.5, 0.6) is 0 Å². The predicted molar refractivity (Wildman–Crippen MR) is 64.2 cm³/mol. The highest BCUT2D eigenvalue weighted by Crippen LogP contribution is 2.31. The second kappa shape index (κ2) is 4.12. The molecule has 6 heteroatoms. The Bertz CT molecular complexity index is 509. The molecule has 1 atom stereocenters. The van der Waals surface area contributed by atoms with Gasteiger partial charge in [-0.25, -0.2) is 0 Å². The fourth-order valence-electron chi connectivity index (χ4n) is 2.19. The Morgan fingerprint density at radius 3 is 2.61 bits per heavy atom. The highest BCUT2D eigenvalue weighted by Gasteiger charge is 2.42. The number of carboxylic acid groups (broad SMARTS) is 1. The topological polar surface area (TPSA) is 75.4 Å². The van der Waals surface area contributed by atoms with Crippen LogP contribution >= 0.6 is 0 Å². The zero-order valence-corrected chi connectivity index (χ0v) is 10.8. The van der Waals surface area contributed by atoms with Crippen LogP contribution in [0.4, 0.5) is 0 Å². The minimum atomic E-state index is -0.847. The Morgan fingerprint density at radius 2 is 2.17 bits per heavy atom. The largest absolute Gasteiger partial charge is 0.481 e. The van der Waals surface area contributed by atoms with Crippen molar-refractivity contribution in [3.8, 4) is 0 Å². The molecule has 1 fully saturated rings. The lowest BCUT2D eigenvalue weighted by Gasteiger charge is -2.20. The fourth-order valence-corrected chi connectivity index (χ4v) is 2.19. The summed E-state index contributed by atoms with van der Waals surface area (Å²) >= 11 is 0. The summed E-state index contributed by atoms with van der Waals surface area (Å²) in [5, 5.41) is 13.2. The number of hydrogen-bond acceptors (Lipinski definition) is 3. The van der Waals surface area contributed by atoms with Crippen molar-refractivity contribution in [2.75, 3.05) is 13.1 Å². The lowest BCUT2D eigenvalue weighted by atomic mass is 9.90. The van der Waals surface area contributed by atoms with Crippen LogP contribution in [0, 0.1) is 12.3 Å². The number of rotatable bonds is 2. The number of likely N-dealkylation sites (tertiary alicyclic amines) is 1. The van der Waals surface area contributed by atoms with Crippen molar-refractivity contribution in [1.82, 2.24) is 14.7 Å². The molecule has 1 N–H and O–H groups in total. The van der Waals surface area contributed by atoms with Gasteiger partial charge in [-0.2, -0.15) is 5.10 Å². The van der Waals surface area contributed by atoms with E-state index in [0.29, 0.717) is 18.5 Å². The van der Waals surface area contributed by atoms with Gasteiger partial charge in [0.2, 0.25) is 0 Å². The Balaban J connectivity index is 2.18. The second-order valence-corrected chi connectivity index (χ2v) is 5.11. The van der Waals surface area contributed by atoms with Crippen molar-refractivity contribution >= 4 is 11.9 Å². The minimum absolute atomic E-state index is 0.134. The maximum atomic E-state index is 12.3. The average Bonchev–Trinajstić information content (AvgIpc) is 2.85. The molecule has 18 heavy (non-hydrogen) atoms. The Hall–Kier alpha value is -1.85. The van der Waals surface area contributed by atoms with Crippen LogP contribution in [-0.4, -0.2) is 44.8 Å². The molecular weight excluding hydrogens is 234 g/mol. The molecular formula is C12H17N3O3. The highest BCUT2D eigenvalue weighted by molar-refractivity contribution is 5.95. The SMILES string of the molecule is Cc1c(C(=O)N2CC[C@@](C)(C(=O)O)C2)cnn1C. The molecule has 98 valence electrons. The summed E-state index contributed by atoms with van der Waals surface area (Å²) in [6, 6.07) is 0. The molecule has 1 aromatic rings. The van der Waals surface area contributed by atoms with E-state index in [9.17, 15) is 9.59 Å². The van der Waals surface area contributed by atoms with Gasteiger partial charge in [-0.05, 0) is 20.3 Å². The fraction of sp³-hybridized carbons (Fsp3) is 0.583. The van der Waals surface area contributed by atoms with E-state index < -0.39 is 11.4 Å². The van der Waals surface area contributed by atoms with Gasteiger partial charge in [-0.1, -0.05) is 0 Å². The Morgan fingerprint density at radius 1 is 1.50 bits per heavy atom. The maximum absolute atomic E-state index is 12.3. The molecule has 0 bridgehead atoms. The number of aromatic nitrogens is 2. The maximum Gasteiger partial charge on any atom is 0.311 e. The van der Waals surface area contributed by atoms with Gasteiger partial charge < -0.3 is 10.0 Å². The number of aryl methyl sites for hydroxylation is 1. The first kappa shape index (κ1) is 12.6. The van der Waals surface area contributed by atoms with Crippen LogP contribution in [0.25, 0.3) is 0 Å². The summed E-state index contributed by atoms with van der Waals surface area (Å²) in [7, 11) is 1.78. The predicted octanol–water partition coefficient (Wildman–Crippen LogP) is 0.665. The van der Waals surface area contributed by atoms with Crippen LogP contribution in [0.15, 0.2) is 6.20 Å². The summed E-state index contributed by atoms with van der Waals surface area (Å²) < 4.78 is 1.64. The van der Waals surface area contributed by atoms with Gasteiger partial charge in [0.15, 0.2) is 0 Å². The van der Waals surface area contributed by atoms with Crippen molar-refractivity contribution in [3.63, 3.8) is 0 Å². The number of amides is 1. The third-order valence-corrected chi connectivity index (χ3v) is 3.74. The molecule has 1 amide bonds. The number of aliphatic carboxylic acids is 1. The normalized spacial score (nSPS) is 23.4. The van der Waals surface area contributed by atoms with Gasteiger partial charge >= 0.3 is 5.97 Å². The molecule has 0 spiro atoms. The standard InChI is InChI=1S/C12H17N3O3/c1-8-9(6-13-14(8)3)10(16)15-5-4-12(2,7-15)11(17)18/h6H,4-5,7H2,1-3H3,(H,17,18)/t12-/m1/s1. The van der Waals surface area contributed by atoms with Crippen molar-refractivity contribution in [2.45, 2.75) is 20.3 Å². The number of carbonyl (C=O) groups excluding carboxylic acids is 1. The van der Waals surface area contributed by atoms with Gasteiger partial charge in [0, 0.05) is 25.8 Å². The number of hydrogen-bond donors (Lipinski definition) is 1. The van der Waals surface area contributed by atoms with Crippen molar-refractivity contribution in [1.29, 1.82) is 0 Å². The van der Waals surface area contributed by atoms with E-state index >= 15 is 0 Å². The van der Waals surface area contributed by atoms with Crippen molar-refractivity contribution in [2.24, 2.45) is 12.5 Å². The lowest BCUT2D eigenvalue weighted by Crippen LogP contribution is -2.35. The van der Waals surface area contributed by atoms with E-state index in [1.165, 1.54) is 6.20 Å². The zero-order chi connectivity index (χ0) is 13.5. The zero-order valence-electron chi connectivity index (χ0n) is 10.8. The highest BCUT2D eigenvalue weighted by atomic mass is 16.4. The lowest BCUT2D eigenvalue weighted by molar-refractivity contribution is -0.147. The molecule has 1 saturated heterocycles. The molecule has 0 radical (unpaired) electrons. The molecule has 1 aromatic heterocycles. The molecule has 1 aliphatic rings. The molecule has 0 saturated carbocycles. The number of carbonyl (C=O) groups is 2. The third-order valence-electron chi connectivity index (χ3n) is 3.74. The van der Waals surface area contributed by atoms with Crippen molar-refractivity contribution in [3.05, 3.63) is 17.5 Å². The quantitative estimate of drug-likeness (QED) is 0.838. The first-order valence-electron chi connectivity index (χ1n) is 5.86. The van der Waals surface area contributed by atoms with Gasteiger partial charge in [-0.3, -0.25) is 14.3 Å². The molecule has 0 aromatic carbocycles. The summed E-state index contributed by atoms with van der Waals surface area (Å²) in [6.45, 7) is 4.25. The van der Waals surface area contributed by atoms with Gasteiger partial charge in [0.25, 0.3) is 5.91 Å². The monoisotopic (exact) mass is 251 g/mol.